The Labute approximate surface area is 160 Å². The number of hydrogen-bond donors (Lipinski definition) is 1. The van der Waals surface area contributed by atoms with Gasteiger partial charge in [0.15, 0.2) is 0 Å². The van der Waals surface area contributed by atoms with E-state index in [1.54, 1.807) is 11.1 Å². The number of halogens is 1. The number of nitrogens with zero attached hydrogens (tertiary/aromatic N) is 1. The van der Waals surface area contributed by atoms with E-state index in [4.69, 9.17) is 18.6 Å². The molecule has 0 bridgehead atoms. The van der Waals surface area contributed by atoms with E-state index < -0.39 is 10.2 Å². The molecule has 2 aliphatic heterocycles. The molecule has 26 heavy (non-hydrogen) atoms. The van der Waals surface area contributed by atoms with Gasteiger partial charge in [0.05, 0.1) is 14.9 Å². The van der Waals surface area contributed by atoms with E-state index in [1.165, 1.54) is 36.4 Å². The van der Waals surface area contributed by atoms with Crippen molar-refractivity contribution in [3.05, 3.63) is 65.2 Å². The summed E-state index contributed by atoms with van der Waals surface area (Å²) in [6.45, 7) is 2.44. The molecule has 7 heteroatoms. The predicted molar refractivity (Wildman–Crippen MR) is 92.3 cm³/mol. The summed E-state index contributed by atoms with van der Waals surface area (Å²) >= 11 is 1.81. The predicted octanol–water partition coefficient (Wildman–Crippen LogP) is 0.567. The average Bonchev–Trinajstić information content (AvgIpc) is 3.08. The molecule has 0 unspecified atom stereocenters. The average molecular weight is 396 g/mol. The molecule has 2 atom stereocenters. The maximum absolute atomic E-state index is 8.60. The van der Waals surface area contributed by atoms with E-state index in [1.807, 2.05) is 11.8 Å². The molecular weight excluding hydrogens is 374 g/mol. The van der Waals surface area contributed by atoms with Crippen LogP contribution >= 0.6 is 11.8 Å². The van der Waals surface area contributed by atoms with Gasteiger partial charge >= 0.3 is 0 Å². The zero-order valence-corrected chi connectivity index (χ0v) is 16.1. The van der Waals surface area contributed by atoms with Crippen molar-refractivity contribution < 1.29 is 28.9 Å². The maximum Gasteiger partial charge on any atom is 0.0777 e. The molecule has 2 aromatic rings. The quantitative estimate of drug-likeness (QED) is 0.747. The van der Waals surface area contributed by atoms with E-state index in [0.717, 1.165) is 0 Å². The van der Waals surface area contributed by atoms with E-state index >= 15 is 0 Å². The summed E-state index contributed by atoms with van der Waals surface area (Å²) in [5.74, 6) is 0.534. The molecule has 0 radical (unpaired) electrons. The first-order valence-corrected chi connectivity index (χ1v) is 11.0. The molecule has 2 heterocycles. The van der Waals surface area contributed by atoms with Crippen LogP contribution in [-0.4, -0.2) is 28.9 Å². The maximum atomic E-state index is 8.60. The Kier molecular flexibility index (Phi) is 6.25. The minimum atomic E-state index is -4.69. The summed E-state index contributed by atoms with van der Waals surface area (Å²) in [6.07, 6.45) is 4.81. The zero-order valence-electron chi connectivity index (χ0n) is 14.5. The number of fused-ring (bicyclic) bond motifs is 3. The van der Waals surface area contributed by atoms with Gasteiger partial charge in [0.25, 0.3) is 0 Å². The van der Waals surface area contributed by atoms with Crippen LogP contribution < -0.4 is 14.0 Å². The lowest BCUT2D eigenvalue weighted by Gasteiger charge is -2.37. The number of benzene rings is 2. The van der Waals surface area contributed by atoms with E-state index in [9.17, 15) is 0 Å². The van der Waals surface area contributed by atoms with E-state index in [-0.39, 0.29) is 0 Å². The molecule has 1 N–H and O–H groups in total. The molecule has 0 amide bonds. The highest BCUT2D eigenvalue weighted by atomic mass is 35.7. The normalized spacial score (nSPS) is 22.2. The van der Waals surface area contributed by atoms with Gasteiger partial charge in [-0.1, -0.05) is 36.4 Å². The Morgan fingerprint density at radius 2 is 1.65 bits per heavy atom. The lowest BCUT2D eigenvalue weighted by Crippen LogP contribution is -2.58. The van der Waals surface area contributed by atoms with Crippen LogP contribution in [0.1, 0.15) is 41.5 Å². The topological polar surface area (TPSA) is 92.7 Å². The van der Waals surface area contributed by atoms with Crippen molar-refractivity contribution in [1.29, 1.82) is 0 Å². The summed E-state index contributed by atoms with van der Waals surface area (Å²) in [5.41, 5.74) is 4.59. The summed E-state index contributed by atoms with van der Waals surface area (Å²) < 4.78 is 32.7. The SMILES string of the molecule is CSc1ccc([C@H]2CN3CCC[C@H]3c3ccccc32)cc1.[O-][Cl+3]([O-])([O-])O. The van der Waals surface area contributed by atoms with Crippen LogP contribution in [0.5, 0.6) is 0 Å². The van der Waals surface area contributed by atoms with Crippen LogP contribution in [0.2, 0.25) is 0 Å². The van der Waals surface area contributed by atoms with E-state index in [0.29, 0.717) is 12.0 Å². The largest absolute Gasteiger partial charge is 0.295 e. The van der Waals surface area contributed by atoms with Gasteiger partial charge in [0, 0.05) is 23.4 Å². The van der Waals surface area contributed by atoms with Crippen LogP contribution in [0.25, 0.3) is 0 Å². The molecule has 1 fully saturated rings. The number of thioether (sulfide) groups is 1. The summed E-state index contributed by atoms with van der Waals surface area (Å²) in [5, 5.41) is 0. The first-order valence-electron chi connectivity index (χ1n) is 8.47. The van der Waals surface area contributed by atoms with Crippen LogP contribution in [0.15, 0.2) is 53.4 Å². The lowest BCUT2D eigenvalue weighted by molar-refractivity contribution is -1.92. The van der Waals surface area contributed by atoms with Crippen LogP contribution in [0.3, 0.4) is 0 Å². The van der Waals surface area contributed by atoms with Crippen LogP contribution in [0, 0.1) is 10.2 Å². The Balaban J connectivity index is 0.000000349. The standard InChI is InChI=1S/C19H21NS.ClHO4/c1-21-15-10-8-14(9-11-15)18-13-20-12-4-7-19(20)17-6-3-2-5-16(17)18;2-1(3,4)5/h2-3,5-6,8-11,18-19H,4,7,12-13H2,1H3;(H,2,3,4,5)/t18-,19+;/m1./s1. The van der Waals surface area contributed by atoms with Gasteiger partial charge in [0.2, 0.25) is 0 Å². The Morgan fingerprint density at radius 1 is 1.04 bits per heavy atom. The third-order valence-electron chi connectivity index (χ3n) is 5.03. The monoisotopic (exact) mass is 395 g/mol. The molecule has 4 rings (SSSR count). The first kappa shape index (κ1) is 19.6. The van der Waals surface area contributed by atoms with Gasteiger partial charge in [0.1, 0.15) is 0 Å². The summed E-state index contributed by atoms with van der Waals surface area (Å²) in [4.78, 5) is 4.04. The Bertz CT molecular complexity index is 729. The second-order valence-corrected chi connectivity index (χ2v) is 8.18. The highest BCUT2D eigenvalue weighted by molar-refractivity contribution is 7.98. The van der Waals surface area contributed by atoms with Crippen LogP contribution in [-0.2, 0) is 0 Å². The fourth-order valence-electron chi connectivity index (χ4n) is 3.98. The van der Waals surface area contributed by atoms with Gasteiger partial charge in [-0.15, -0.1) is 11.8 Å². The van der Waals surface area contributed by atoms with Crippen molar-refractivity contribution in [2.24, 2.45) is 0 Å². The minimum Gasteiger partial charge on any atom is -0.295 e. The molecule has 0 aromatic heterocycles. The Morgan fingerprint density at radius 3 is 2.27 bits per heavy atom. The molecule has 140 valence electrons. The van der Waals surface area contributed by atoms with Gasteiger partial charge in [-0.05, 0) is 54.5 Å². The molecule has 2 aliphatic rings. The molecule has 5 nitrogen and oxygen atoms in total. The van der Waals surface area contributed by atoms with Crippen molar-refractivity contribution in [1.82, 2.24) is 4.90 Å². The van der Waals surface area contributed by atoms with Crippen molar-refractivity contribution in [2.45, 2.75) is 29.7 Å². The van der Waals surface area contributed by atoms with Crippen molar-refractivity contribution in [2.75, 3.05) is 19.3 Å². The molecule has 0 aliphatic carbocycles. The summed E-state index contributed by atoms with van der Waals surface area (Å²) in [7, 11) is -4.69. The van der Waals surface area contributed by atoms with Crippen LogP contribution in [0.4, 0.5) is 0 Å². The minimum absolute atomic E-state index is 0.534. The van der Waals surface area contributed by atoms with Crippen molar-refractivity contribution in [3.63, 3.8) is 0 Å². The smallest absolute Gasteiger partial charge is 0.0777 e. The van der Waals surface area contributed by atoms with Gasteiger partial charge in [-0.3, -0.25) is 4.90 Å². The third-order valence-corrected chi connectivity index (χ3v) is 5.77. The molecule has 0 spiro atoms. The first-order chi connectivity index (χ1) is 12.4. The lowest BCUT2D eigenvalue weighted by atomic mass is 9.82. The number of rotatable bonds is 2. The molecule has 0 saturated carbocycles. The molecule has 1 saturated heterocycles. The molecule has 2 aromatic carbocycles. The van der Waals surface area contributed by atoms with Gasteiger partial charge < -0.3 is 0 Å². The highest BCUT2D eigenvalue weighted by Crippen LogP contribution is 2.44. The third kappa shape index (κ3) is 4.78. The zero-order chi connectivity index (χ0) is 18.7. The van der Waals surface area contributed by atoms with Gasteiger partial charge in [-0.25, -0.2) is 0 Å². The van der Waals surface area contributed by atoms with E-state index in [2.05, 4.69) is 59.7 Å². The fraction of sp³-hybridized carbons (Fsp3) is 0.368. The van der Waals surface area contributed by atoms with Crippen molar-refractivity contribution >= 4 is 11.8 Å². The Hall–Kier alpha value is -1.12. The fourth-order valence-corrected chi connectivity index (χ4v) is 4.39. The summed E-state index contributed by atoms with van der Waals surface area (Å²) in [6, 6.07) is 18.9. The van der Waals surface area contributed by atoms with Crippen molar-refractivity contribution in [3.8, 4) is 0 Å². The number of hydrogen-bond acceptors (Lipinski definition) is 6. The van der Waals surface area contributed by atoms with Gasteiger partial charge in [-0.2, -0.15) is 14.0 Å². The second kappa shape index (κ2) is 8.27. The highest BCUT2D eigenvalue weighted by Gasteiger charge is 2.35. The molecular formula is C19H22ClNO4S. The second-order valence-electron chi connectivity index (χ2n) is 6.50.